The van der Waals surface area contributed by atoms with Crippen LogP contribution in [0.5, 0.6) is 0 Å². The van der Waals surface area contributed by atoms with E-state index in [9.17, 15) is 4.79 Å². The second-order valence-electron chi connectivity index (χ2n) is 5.76. The molecule has 19 heavy (non-hydrogen) atoms. The molecule has 1 saturated carbocycles. The van der Waals surface area contributed by atoms with Crippen molar-refractivity contribution in [1.29, 1.82) is 0 Å². The molecule has 0 spiro atoms. The first-order valence-corrected chi connectivity index (χ1v) is 7.25. The number of morpholine rings is 1. The molecule has 0 bridgehead atoms. The van der Waals surface area contributed by atoms with Gasteiger partial charge in [0.15, 0.2) is 0 Å². The first-order valence-electron chi connectivity index (χ1n) is 7.25. The van der Waals surface area contributed by atoms with E-state index in [1.54, 1.807) is 0 Å². The zero-order valence-electron chi connectivity index (χ0n) is 12.1. The van der Waals surface area contributed by atoms with E-state index in [1.807, 2.05) is 11.9 Å². The van der Waals surface area contributed by atoms with Crippen molar-refractivity contribution >= 4 is 18.3 Å². The monoisotopic (exact) mass is 290 g/mol. The molecule has 1 N–H and O–H groups in total. The highest BCUT2D eigenvalue weighted by Gasteiger charge is 2.29. The van der Waals surface area contributed by atoms with E-state index in [-0.39, 0.29) is 24.4 Å². The molecule has 2 aliphatic rings. The number of ether oxygens (including phenoxy) is 1. The van der Waals surface area contributed by atoms with E-state index in [0.29, 0.717) is 25.0 Å². The number of nitrogens with one attached hydrogen (secondary N) is 1. The van der Waals surface area contributed by atoms with Crippen molar-refractivity contribution in [2.24, 2.45) is 5.92 Å². The molecule has 0 radical (unpaired) electrons. The molecular formula is C14H27ClN2O2. The molecule has 112 valence electrons. The Morgan fingerprint density at radius 1 is 1.37 bits per heavy atom. The molecule has 3 atom stereocenters. The molecule has 1 aliphatic heterocycles. The lowest BCUT2D eigenvalue weighted by atomic mass is 9.85. The van der Waals surface area contributed by atoms with E-state index in [2.05, 4.69) is 12.2 Å². The Morgan fingerprint density at radius 3 is 2.74 bits per heavy atom. The van der Waals surface area contributed by atoms with Crippen molar-refractivity contribution in [3.63, 3.8) is 0 Å². The van der Waals surface area contributed by atoms with Crippen molar-refractivity contribution < 1.29 is 9.53 Å². The third kappa shape index (κ3) is 4.62. The van der Waals surface area contributed by atoms with Crippen LogP contribution in [0.4, 0.5) is 0 Å². The highest BCUT2D eigenvalue weighted by molar-refractivity contribution is 5.85. The minimum atomic E-state index is 0. The minimum absolute atomic E-state index is 0. The van der Waals surface area contributed by atoms with Gasteiger partial charge in [0, 0.05) is 32.1 Å². The van der Waals surface area contributed by atoms with Crippen molar-refractivity contribution in [2.75, 3.05) is 26.8 Å². The number of rotatable bonds is 3. The summed E-state index contributed by atoms with van der Waals surface area (Å²) in [5, 5.41) is 3.35. The third-order valence-electron chi connectivity index (χ3n) is 4.38. The topological polar surface area (TPSA) is 41.6 Å². The lowest BCUT2D eigenvalue weighted by molar-refractivity contribution is -0.134. The predicted octanol–water partition coefficient (Wildman–Crippen LogP) is 1.82. The summed E-state index contributed by atoms with van der Waals surface area (Å²) in [4.78, 5) is 14.3. The SMILES string of the molecule is CC1CCCCC1N(C)C(=O)CC1COCCN1.Cl. The molecule has 1 saturated heterocycles. The first-order chi connectivity index (χ1) is 8.68. The van der Waals surface area contributed by atoms with Crippen molar-refractivity contribution in [3.8, 4) is 0 Å². The van der Waals surface area contributed by atoms with Crippen LogP contribution >= 0.6 is 12.4 Å². The van der Waals surface area contributed by atoms with E-state index in [4.69, 9.17) is 4.74 Å². The van der Waals surface area contributed by atoms with Crippen LogP contribution < -0.4 is 5.32 Å². The van der Waals surface area contributed by atoms with Gasteiger partial charge in [-0.25, -0.2) is 0 Å². The number of nitrogens with zero attached hydrogens (tertiary/aromatic N) is 1. The van der Waals surface area contributed by atoms with E-state index >= 15 is 0 Å². The fraction of sp³-hybridized carbons (Fsp3) is 0.929. The van der Waals surface area contributed by atoms with Gasteiger partial charge in [-0.3, -0.25) is 4.79 Å². The van der Waals surface area contributed by atoms with Gasteiger partial charge in [-0.15, -0.1) is 12.4 Å². The van der Waals surface area contributed by atoms with Crippen LogP contribution in [0, 0.1) is 5.92 Å². The summed E-state index contributed by atoms with van der Waals surface area (Å²) in [7, 11) is 1.97. The normalized spacial score (nSPS) is 31.4. The minimum Gasteiger partial charge on any atom is -0.378 e. The van der Waals surface area contributed by atoms with Gasteiger partial charge < -0.3 is 15.0 Å². The van der Waals surface area contributed by atoms with Gasteiger partial charge in [0.25, 0.3) is 0 Å². The van der Waals surface area contributed by atoms with Crippen molar-refractivity contribution in [3.05, 3.63) is 0 Å². The van der Waals surface area contributed by atoms with E-state index in [0.717, 1.165) is 19.6 Å². The van der Waals surface area contributed by atoms with Gasteiger partial charge in [0.1, 0.15) is 0 Å². The Hall–Kier alpha value is -0.320. The summed E-state index contributed by atoms with van der Waals surface area (Å²) >= 11 is 0. The Bertz CT molecular complexity index is 283. The smallest absolute Gasteiger partial charge is 0.224 e. The van der Waals surface area contributed by atoms with E-state index < -0.39 is 0 Å². The average Bonchev–Trinajstić information content (AvgIpc) is 2.39. The number of halogens is 1. The first kappa shape index (κ1) is 16.7. The molecule has 2 fully saturated rings. The molecule has 3 unspecified atom stereocenters. The van der Waals surface area contributed by atoms with Gasteiger partial charge in [0.05, 0.1) is 13.2 Å². The van der Waals surface area contributed by atoms with Crippen LogP contribution in [0.3, 0.4) is 0 Å². The van der Waals surface area contributed by atoms with Crippen LogP contribution in [0.2, 0.25) is 0 Å². The summed E-state index contributed by atoms with van der Waals surface area (Å²) in [6.07, 6.45) is 5.57. The number of amides is 1. The summed E-state index contributed by atoms with van der Waals surface area (Å²) < 4.78 is 5.40. The second kappa shape index (κ2) is 8.08. The summed E-state index contributed by atoms with van der Waals surface area (Å²) in [6, 6.07) is 0.642. The van der Waals surface area contributed by atoms with Gasteiger partial charge in [-0.05, 0) is 18.8 Å². The van der Waals surface area contributed by atoms with Gasteiger partial charge >= 0.3 is 0 Å². The molecule has 0 aromatic heterocycles. The van der Waals surface area contributed by atoms with Crippen LogP contribution in [-0.2, 0) is 9.53 Å². The molecule has 0 aromatic rings. The highest BCUT2D eigenvalue weighted by Crippen LogP contribution is 2.27. The molecule has 1 heterocycles. The fourth-order valence-electron chi connectivity index (χ4n) is 3.16. The van der Waals surface area contributed by atoms with Crippen LogP contribution in [-0.4, -0.2) is 49.7 Å². The van der Waals surface area contributed by atoms with Gasteiger partial charge in [-0.2, -0.15) is 0 Å². The second-order valence-corrected chi connectivity index (χ2v) is 5.76. The maximum Gasteiger partial charge on any atom is 0.224 e. The molecular weight excluding hydrogens is 264 g/mol. The molecule has 1 amide bonds. The van der Waals surface area contributed by atoms with Gasteiger partial charge in [0.2, 0.25) is 5.91 Å². The quantitative estimate of drug-likeness (QED) is 0.862. The number of hydrogen-bond acceptors (Lipinski definition) is 3. The maximum absolute atomic E-state index is 12.3. The number of carbonyl (C=O) groups excluding carboxylic acids is 1. The highest BCUT2D eigenvalue weighted by atomic mass is 35.5. The molecule has 1 aliphatic carbocycles. The Kier molecular flexibility index (Phi) is 7.11. The summed E-state index contributed by atoms with van der Waals surface area (Å²) in [6.45, 7) is 4.57. The maximum atomic E-state index is 12.3. The van der Waals surface area contributed by atoms with Crippen molar-refractivity contribution in [2.45, 2.75) is 51.1 Å². The predicted molar refractivity (Wildman–Crippen MR) is 78.7 cm³/mol. The Labute approximate surface area is 122 Å². The zero-order chi connectivity index (χ0) is 13.0. The largest absolute Gasteiger partial charge is 0.378 e. The van der Waals surface area contributed by atoms with Crippen LogP contribution in [0.1, 0.15) is 39.0 Å². The molecule has 2 rings (SSSR count). The van der Waals surface area contributed by atoms with Crippen LogP contribution in [0.25, 0.3) is 0 Å². The summed E-state index contributed by atoms with van der Waals surface area (Å²) in [5.41, 5.74) is 0. The Balaban J connectivity index is 0.00000180. The standard InChI is InChI=1S/C14H26N2O2.ClH/c1-11-5-3-4-6-13(11)16(2)14(17)9-12-10-18-8-7-15-12;/h11-13,15H,3-10H2,1-2H3;1H. The zero-order valence-corrected chi connectivity index (χ0v) is 12.9. The van der Waals surface area contributed by atoms with Crippen molar-refractivity contribution in [1.82, 2.24) is 10.2 Å². The van der Waals surface area contributed by atoms with E-state index in [1.165, 1.54) is 19.3 Å². The molecule has 4 nitrogen and oxygen atoms in total. The summed E-state index contributed by atoms with van der Waals surface area (Å²) in [5.74, 6) is 0.903. The van der Waals surface area contributed by atoms with Gasteiger partial charge in [-0.1, -0.05) is 19.8 Å². The lowest BCUT2D eigenvalue weighted by Gasteiger charge is -2.37. The number of carbonyl (C=O) groups is 1. The fourth-order valence-corrected chi connectivity index (χ4v) is 3.16. The molecule has 0 aromatic carbocycles. The lowest BCUT2D eigenvalue weighted by Crippen LogP contribution is -2.48. The number of hydrogen-bond donors (Lipinski definition) is 1. The Morgan fingerprint density at radius 2 is 2.11 bits per heavy atom. The molecule has 5 heteroatoms. The average molecular weight is 291 g/mol. The third-order valence-corrected chi connectivity index (χ3v) is 4.38. The van der Waals surface area contributed by atoms with Crippen LogP contribution in [0.15, 0.2) is 0 Å².